The maximum atomic E-state index is 12.6. The molecule has 3 rings (SSSR count). The molecule has 0 bridgehead atoms. The molecular weight excluding hydrogens is 368 g/mol. The average Bonchev–Trinajstić information content (AvgIpc) is 3.01. The Balaban J connectivity index is 1.76. The third-order valence-corrected chi connectivity index (χ3v) is 5.39. The first-order chi connectivity index (χ1) is 13.6. The van der Waals surface area contributed by atoms with Crippen molar-refractivity contribution < 1.29 is 14.3 Å². The van der Waals surface area contributed by atoms with E-state index in [1.54, 1.807) is 6.07 Å². The third kappa shape index (κ3) is 4.49. The monoisotopic (exact) mass is 400 g/mol. The Bertz CT molecular complexity index is 905. The molecule has 2 amide bonds. The predicted octanol–water partition coefficient (Wildman–Crippen LogP) is 3.80. The van der Waals surface area contributed by atoms with Crippen LogP contribution in [0, 0.1) is 6.92 Å². The van der Waals surface area contributed by atoms with Gasteiger partial charge in [-0.2, -0.15) is 0 Å². The summed E-state index contributed by atoms with van der Waals surface area (Å²) in [6.45, 7) is 11.9. The Hall–Kier alpha value is -2.70. The number of nitrogens with two attached hydrogens (primary N) is 1. The summed E-state index contributed by atoms with van der Waals surface area (Å²) in [7, 11) is 0. The van der Waals surface area contributed by atoms with Crippen LogP contribution in [0.25, 0.3) is 10.9 Å². The van der Waals surface area contributed by atoms with E-state index in [1.807, 2.05) is 45.6 Å². The molecule has 3 N–H and O–H groups in total. The molecule has 2 aromatic rings. The fourth-order valence-electron chi connectivity index (χ4n) is 4.10. The summed E-state index contributed by atoms with van der Waals surface area (Å²) >= 11 is 0. The van der Waals surface area contributed by atoms with Crippen LogP contribution in [0.1, 0.15) is 56.6 Å². The lowest BCUT2D eigenvalue weighted by molar-refractivity contribution is 0.0149. The van der Waals surface area contributed by atoms with Crippen LogP contribution in [0.5, 0.6) is 0 Å². The highest BCUT2D eigenvalue weighted by Gasteiger charge is 2.30. The molecule has 1 aliphatic heterocycles. The number of hydrogen-bond acceptors (Lipinski definition) is 4. The number of carbonyl (C=O) groups is 2. The van der Waals surface area contributed by atoms with Gasteiger partial charge in [0.05, 0.1) is 11.1 Å². The smallest absolute Gasteiger partial charge is 0.410 e. The molecule has 7 heteroatoms. The summed E-state index contributed by atoms with van der Waals surface area (Å²) in [5, 5.41) is 1.01. The second-order valence-electron chi connectivity index (χ2n) is 8.72. The van der Waals surface area contributed by atoms with E-state index in [0.29, 0.717) is 12.1 Å². The van der Waals surface area contributed by atoms with Crippen LogP contribution in [0.3, 0.4) is 0 Å². The number of fused-ring (bicyclic) bond motifs is 1. The van der Waals surface area contributed by atoms with Crippen LogP contribution >= 0.6 is 0 Å². The highest BCUT2D eigenvalue weighted by molar-refractivity contribution is 6.08. The zero-order chi connectivity index (χ0) is 21.3. The Morgan fingerprint density at radius 3 is 2.48 bits per heavy atom. The second kappa shape index (κ2) is 7.97. The number of anilines is 1. The Morgan fingerprint density at radius 2 is 1.93 bits per heavy atom. The lowest BCUT2D eigenvalue weighted by atomic mass is 10.0. The molecule has 0 saturated carbocycles. The summed E-state index contributed by atoms with van der Waals surface area (Å²) in [6, 6.07) is 5.99. The van der Waals surface area contributed by atoms with Crippen molar-refractivity contribution in [3.8, 4) is 0 Å². The third-order valence-electron chi connectivity index (χ3n) is 5.39. The van der Waals surface area contributed by atoms with Gasteiger partial charge in [-0.3, -0.25) is 4.79 Å². The minimum atomic E-state index is -0.495. The summed E-state index contributed by atoms with van der Waals surface area (Å²) in [4.78, 5) is 31.8. The number of rotatable bonds is 4. The van der Waals surface area contributed by atoms with Crippen molar-refractivity contribution >= 4 is 28.6 Å². The largest absolute Gasteiger partial charge is 0.444 e. The molecule has 1 aliphatic rings. The Kier molecular flexibility index (Phi) is 5.78. The lowest BCUT2D eigenvalue weighted by Gasteiger charge is -2.39. The number of aromatic nitrogens is 1. The zero-order valence-corrected chi connectivity index (χ0v) is 18.0. The quantitative estimate of drug-likeness (QED) is 0.816. The minimum absolute atomic E-state index is 0.166. The van der Waals surface area contributed by atoms with Gasteiger partial charge in [-0.05, 0) is 65.7 Å². The molecule has 1 fully saturated rings. The number of aryl methyl sites for hydroxylation is 1. The SMILES string of the molecule is CCN(C(=O)OC(C)(C)C)C1CCN(c2ccc(C(N)=O)c3[nH]c(C)cc23)CC1. The molecule has 158 valence electrons. The Morgan fingerprint density at radius 1 is 1.28 bits per heavy atom. The van der Waals surface area contributed by atoms with E-state index in [0.717, 1.165) is 48.2 Å². The van der Waals surface area contributed by atoms with Crippen LogP contribution < -0.4 is 10.6 Å². The molecule has 7 nitrogen and oxygen atoms in total. The van der Waals surface area contributed by atoms with E-state index in [1.165, 1.54) is 0 Å². The number of H-pyrrole nitrogens is 1. The molecule has 0 spiro atoms. The number of amides is 2. The van der Waals surface area contributed by atoms with E-state index in [2.05, 4.69) is 16.0 Å². The maximum Gasteiger partial charge on any atom is 0.410 e. The summed E-state index contributed by atoms with van der Waals surface area (Å²) in [5.41, 5.74) is 8.42. The number of nitrogens with zero attached hydrogens (tertiary/aromatic N) is 2. The highest BCUT2D eigenvalue weighted by atomic mass is 16.6. The number of aromatic amines is 1. The number of primary amides is 1. The zero-order valence-electron chi connectivity index (χ0n) is 18.0. The molecule has 2 heterocycles. The molecule has 0 aliphatic carbocycles. The number of hydrogen-bond donors (Lipinski definition) is 2. The maximum absolute atomic E-state index is 12.6. The van der Waals surface area contributed by atoms with Crippen LogP contribution in [-0.2, 0) is 4.74 Å². The number of piperidine rings is 1. The molecule has 1 saturated heterocycles. The van der Waals surface area contributed by atoms with E-state index in [-0.39, 0.29) is 12.1 Å². The Labute approximate surface area is 172 Å². The molecule has 0 atom stereocenters. The lowest BCUT2D eigenvalue weighted by Crippen LogP contribution is -2.48. The van der Waals surface area contributed by atoms with Gasteiger partial charge in [-0.15, -0.1) is 0 Å². The molecule has 0 radical (unpaired) electrons. The van der Waals surface area contributed by atoms with Gasteiger partial charge in [-0.25, -0.2) is 4.79 Å². The molecule has 0 unspecified atom stereocenters. The van der Waals surface area contributed by atoms with E-state index in [9.17, 15) is 9.59 Å². The molecule has 29 heavy (non-hydrogen) atoms. The molecular formula is C22H32N4O3. The van der Waals surface area contributed by atoms with Crippen molar-refractivity contribution in [3.63, 3.8) is 0 Å². The van der Waals surface area contributed by atoms with Gasteiger partial charge >= 0.3 is 6.09 Å². The number of carbonyl (C=O) groups excluding carboxylic acids is 2. The van der Waals surface area contributed by atoms with Gasteiger partial charge < -0.3 is 25.3 Å². The van der Waals surface area contributed by atoms with Crippen LogP contribution in [-0.4, -0.2) is 53.2 Å². The van der Waals surface area contributed by atoms with Crippen LogP contribution in [0.15, 0.2) is 18.2 Å². The standard InChI is InChI=1S/C22H32N4O3/c1-6-26(21(28)29-22(3,4)5)15-9-11-25(12-10-15)18-8-7-16(20(23)27)19-17(18)13-14(2)24-19/h7-8,13,15,24H,6,9-12H2,1-5H3,(H2,23,27). The first-order valence-electron chi connectivity index (χ1n) is 10.3. The van der Waals surface area contributed by atoms with Crippen LogP contribution in [0.4, 0.5) is 10.5 Å². The van der Waals surface area contributed by atoms with Gasteiger partial charge in [0.2, 0.25) is 0 Å². The molecule has 1 aromatic carbocycles. The van der Waals surface area contributed by atoms with Gasteiger partial charge in [0, 0.05) is 42.4 Å². The van der Waals surface area contributed by atoms with E-state index < -0.39 is 11.5 Å². The van der Waals surface area contributed by atoms with E-state index in [4.69, 9.17) is 10.5 Å². The second-order valence-corrected chi connectivity index (χ2v) is 8.72. The summed E-state index contributed by atoms with van der Waals surface area (Å²) in [6.07, 6.45) is 1.50. The topological polar surface area (TPSA) is 91.7 Å². The average molecular weight is 401 g/mol. The van der Waals surface area contributed by atoms with Crippen molar-refractivity contribution in [3.05, 3.63) is 29.5 Å². The summed E-state index contributed by atoms with van der Waals surface area (Å²) < 4.78 is 5.58. The number of ether oxygens (including phenoxy) is 1. The minimum Gasteiger partial charge on any atom is -0.444 e. The number of benzene rings is 1. The van der Waals surface area contributed by atoms with Crippen molar-refractivity contribution in [2.24, 2.45) is 5.73 Å². The van der Waals surface area contributed by atoms with Crippen molar-refractivity contribution in [2.45, 2.75) is 59.1 Å². The number of nitrogens with one attached hydrogen (secondary N) is 1. The van der Waals surface area contributed by atoms with Gasteiger partial charge in [0.1, 0.15) is 5.60 Å². The first-order valence-corrected chi connectivity index (χ1v) is 10.3. The highest BCUT2D eigenvalue weighted by Crippen LogP contribution is 2.32. The van der Waals surface area contributed by atoms with Crippen molar-refractivity contribution in [1.29, 1.82) is 0 Å². The summed E-state index contributed by atoms with van der Waals surface area (Å²) in [5.74, 6) is -0.432. The van der Waals surface area contributed by atoms with Crippen molar-refractivity contribution in [1.82, 2.24) is 9.88 Å². The normalized spacial score (nSPS) is 15.6. The predicted molar refractivity (Wildman–Crippen MR) is 115 cm³/mol. The van der Waals surface area contributed by atoms with Gasteiger partial charge in [0.25, 0.3) is 5.91 Å². The van der Waals surface area contributed by atoms with Crippen molar-refractivity contribution in [2.75, 3.05) is 24.5 Å². The van der Waals surface area contributed by atoms with Gasteiger partial charge in [0.15, 0.2) is 0 Å². The van der Waals surface area contributed by atoms with E-state index >= 15 is 0 Å². The fraction of sp³-hybridized carbons (Fsp3) is 0.545. The molecule has 1 aromatic heterocycles. The first kappa shape index (κ1) is 21.0. The van der Waals surface area contributed by atoms with Crippen LogP contribution in [0.2, 0.25) is 0 Å². The fourth-order valence-corrected chi connectivity index (χ4v) is 4.10. The van der Waals surface area contributed by atoms with Gasteiger partial charge in [-0.1, -0.05) is 0 Å².